The second-order valence-corrected chi connectivity index (χ2v) is 14.1. The van der Waals surface area contributed by atoms with E-state index in [2.05, 4.69) is 13.2 Å². The Hall–Kier alpha value is -6.51. The van der Waals surface area contributed by atoms with Gasteiger partial charge in [0.05, 0.1) is 0 Å². The Labute approximate surface area is 378 Å². The van der Waals surface area contributed by atoms with Crippen LogP contribution in [0.1, 0.15) is 57.6 Å². The molecule has 2 atom stereocenters. The number of ether oxygens (including phenoxy) is 6. The van der Waals surface area contributed by atoms with Crippen LogP contribution < -0.4 is 9.47 Å². The van der Waals surface area contributed by atoms with Gasteiger partial charge in [0.1, 0.15) is 63.9 Å². The molecule has 1 amide bonds. The average molecular weight is 987 g/mol. The quantitative estimate of drug-likeness (QED) is 0.0432. The van der Waals surface area contributed by atoms with Crippen molar-refractivity contribution in [2.24, 2.45) is 0 Å². The topological polar surface area (TPSA) is 293 Å². The molecule has 64 heavy (non-hydrogen) atoms. The molecule has 4 N–H and O–H groups in total. The zero-order chi connectivity index (χ0) is 48.6. The molecule has 2 aromatic carbocycles. The number of carboxylic acids is 4. The molecule has 0 heterocycles. The standard InChI is InChI=1S/C41H47NO19.2FH.Zr/c1-24(2)39(54)58-22-30(60-37(52)16-33(44)45)20-56-28-10-6-26(7-11-28)41(5,15-14-32(43)42(18-35(48)49)19-36(50)51)27-8-12-29(13-9-27)57-21-31(23-59-40(55)25(3)4)61-38(53)17-34(46)47;;;/h6-13,30-31H,1,3,14-23H2,2,4-5H3,(H,44,45)(H,46,47)(H,48,49)(H,50,51);2*1H;/q;;;+2/p-2. The molecule has 2 unspecified atom stereocenters. The first-order valence-corrected chi connectivity index (χ1v) is 20.5. The van der Waals surface area contributed by atoms with E-state index in [4.69, 9.17) is 38.6 Å². The fourth-order valence-corrected chi connectivity index (χ4v) is 5.26. The summed E-state index contributed by atoms with van der Waals surface area (Å²) in [5.74, 6) is -9.73. The van der Waals surface area contributed by atoms with Crippen molar-refractivity contribution in [3.63, 3.8) is 0 Å². The third-order valence-corrected chi connectivity index (χ3v) is 8.38. The molecule has 0 saturated heterocycles. The van der Waals surface area contributed by atoms with Crippen LogP contribution in [0.4, 0.5) is 5.25 Å². The molecular weight excluding hydrogens is 940 g/mol. The van der Waals surface area contributed by atoms with E-state index in [-0.39, 0.29) is 48.7 Å². The van der Waals surface area contributed by atoms with Crippen molar-refractivity contribution in [3.8, 4) is 11.5 Å². The Morgan fingerprint density at radius 1 is 0.625 bits per heavy atom. The summed E-state index contributed by atoms with van der Waals surface area (Å²) in [6, 6.07) is 12.7. The maximum absolute atomic E-state index is 13.2. The van der Waals surface area contributed by atoms with Gasteiger partial charge >= 0.3 is 77.5 Å². The number of esters is 4. The van der Waals surface area contributed by atoms with Crippen LogP contribution in [0.25, 0.3) is 0 Å². The summed E-state index contributed by atoms with van der Waals surface area (Å²) in [6.07, 6.45) is -4.58. The molecule has 2 rings (SSSR count). The molecule has 0 fully saturated rings. The normalized spacial score (nSPS) is 12.1. The average Bonchev–Trinajstić information content (AvgIpc) is 3.20. The Morgan fingerprint density at radius 3 is 1.27 bits per heavy atom. The number of benzene rings is 2. The van der Waals surface area contributed by atoms with Crippen LogP contribution in [-0.2, 0) is 92.0 Å². The van der Waals surface area contributed by atoms with E-state index in [0.717, 1.165) is 0 Å². The second kappa shape index (κ2) is 28.2. The molecule has 0 spiro atoms. The third-order valence-electron chi connectivity index (χ3n) is 8.38. The van der Waals surface area contributed by atoms with Gasteiger partial charge in [-0.15, -0.1) is 0 Å². The number of carboxylic acid groups (broad SMARTS) is 4. The van der Waals surface area contributed by atoms with Gasteiger partial charge in [0.15, 0.2) is 12.2 Å². The summed E-state index contributed by atoms with van der Waals surface area (Å²) in [7, 11) is 0. The Bertz CT molecular complexity index is 1860. The van der Waals surface area contributed by atoms with Crippen molar-refractivity contribution in [3.05, 3.63) is 84.0 Å². The number of carbonyl (C=O) groups excluding carboxylic acids is 5. The Kier molecular flexibility index (Phi) is 24.5. The molecule has 2 aromatic rings. The zero-order valence-corrected chi connectivity index (χ0v) is 37.3. The fourth-order valence-electron chi connectivity index (χ4n) is 5.26. The third kappa shape index (κ3) is 21.5. The van der Waals surface area contributed by atoms with Gasteiger partial charge in [0.25, 0.3) is 0 Å². The van der Waals surface area contributed by atoms with Gasteiger partial charge in [0, 0.05) is 23.0 Å². The molecule has 348 valence electrons. The van der Waals surface area contributed by atoms with E-state index >= 15 is 0 Å². The summed E-state index contributed by atoms with van der Waals surface area (Å²) in [6.45, 7) is 8.15. The number of nitrogens with zero attached hydrogens (tertiary/aromatic N) is 1. The van der Waals surface area contributed by atoms with Gasteiger partial charge in [-0.25, -0.2) is 9.59 Å². The number of hydrogen-bond acceptors (Lipinski definition) is 15. The first kappa shape index (κ1) is 55.5. The van der Waals surface area contributed by atoms with Crippen LogP contribution in [0.3, 0.4) is 0 Å². The van der Waals surface area contributed by atoms with Gasteiger partial charge in [0.2, 0.25) is 5.91 Å². The second-order valence-electron chi connectivity index (χ2n) is 13.7. The van der Waals surface area contributed by atoms with Crippen molar-refractivity contribution < 1.29 is 122 Å². The molecule has 0 aliphatic rings. The minimum absolute atomic E-state index is 0.0212. The number of halogens is 2. The summed E-state index contributed by atoms with van der Waals surface area (Å²) in [5, 5.41) is 36.5. The van der Waals surface area contributed by atoms with E-state index in [0.29, 0.717) is 16.0 Å². The van der Waals surface area contributed by atoms with Crippen LogP contribution >= 0.6 is 0 Å². The molecule has 0 aliphatic heterocycles. The molecular formula is C41H47F2NO19Zr. The van der Waals surface area contributed by atoms with Crippen LogP contribution in [0.15, 0.2) is 72.8 Å². The molecule has 0 aliphatic carbocycles. The summed E-state index contributed by atoms with van der Waals surface area (Å²) in [4.78, 5) is 107. The first-order chi connectivity index (χ1) is 30.0. The predicted molar refractivity (Wildman–Crippen MR) is 209 cm³/mol. The van der Waals surface area contributed by atoms with Crippen molar-refractivity contribution in [1.29, 1.82) is 0 Å². The van der Waals surface area contributed by atoms with Crippen molar-refractivity contribution >= 4 is 53.7 Å². The van der Waals surface area contributed by atoms with Crippen molar-refractivity contribution in [2.45, 2.75) is 64.1 Å². The van der Waals surface area contributed by atoms with E-state index in [9.17, 15) is 58.6 Å². The molecule has 0 saturated carbocycles. The minimum atomic E-state index is -2.77. The summed E-state index contributed by atoms with van der Waals surface area (Å²) >= 11 is -2.77. The summed E-state index contributed by atoms with van der Waals surface area (Å²) in [5.41, 5.74) is 0.283. The maximum atomic E-state index is 13.2. The van der Waals surface area contributed by atoms with Gasteiger partial charge in [-0.3, -0.25) is 33.6 Å². The van der Waals surface area contributed by atoms with E-state index in [1.165, 1.54) is 38.1 Å². The first-order valence-electron chi connectivity index (χ1n) is 18.6. The van der Waals surface area contributed by atoms with E-state index in [1.807, 2.05) is 0 Å². The molecule has 23 heteroatoms. The number of amides is 1. The van der Waals surface area contributed by atoms with E-state index < -0.39 is 135 Å². The number of hydrogen-bond donors (Lipinski definition) is 4. The Balaban J connectivity index is 0.00000662. The van der Waals surface area contributed by atoms with Crippen LogP contribution in [-0.4, -0.2) is 131 Å². The monoisotopic (exact) mass is 985 g/mol. The van der Waals surface area contributed by atoms with Crippen molar-refractivity contribution in [1.82, 2.24) is 4.90 Å². The van der Waals surface area contributed by atoms with Crippen LogP contribution in [0.5, 0.6) is 11.5 Å². The van der Waals surface area contributed by atoms with E-state index in [1.54, 1.807) is 31.2 Å². The Morgan fingerprint density at radius 2 is 0.969 bits per heavy atom. The van der Waals surface area contributed by atoms with Gasteiger partial charge in [-0.05, 0) is 55.7 Å². The van der Waals surface area contributed by atoms with Crippen molar-refractivity contribution in [2.75, 3.05) is 39.5 Å². The summed E-state index contributed by atoms with van der Waals surface area (Å²) < 4.78 is 51.5. The zero-order valence-electron chi connectivity index (χ0n) is 34.9. The molecule has 0 radical (unpaired) electrons. The predicted octanol–water partition coefficient (Wildman–Crippen LogP) is 3.38. The van der Waals surface area contributed by atoms with Crippen LogP contribution in [0, 0.1) is 0 Å². The number of rotatable bonds is 27. The number of aliphatic carboxylic acids is 4. The molecule has 0 bridgehead atoms. The fraction of sp³-hybridized carbons (Fsp3) is 0.390. The van der Waals surface area contributed by atoms with Gasteiger partial charge < -0.3 is 53.7 Å². The SMILES string of the molecule is C=C(C)C(=O)OCC(COc1ccc(C(C)(CCC(=O)N(CC(=O)O)CC(=O)O)c2ccc(OCC(COC(=O)C(=C)C)OC(=O)CC(=O)O)cc2)cc1)OC(=O)CC(=O)O.[F][Zr][F]. The van der Waals surface area contributed by atoms with Gasteiger partial charge in [-0.2, -0.15) is 0 Å². The number of carbonyl (C=O) groups is 9. The van der Waals surface area contributed by atoms with Crippen LogP contribution in [0.2, 0.25) is 0 Å². The van der Waals surface area contributed by atoms with Gasteiger partial charge in [-0.1, -0.05) is 44.3 Å². The molecule has 20 nitrogen and oxygen atoms in total. The molecule has 0 aromatic heterocycles.